The molecule has 1 amide bonds. The first-order valence-electron chi connectivity index (χ1n) is 13.0. The summed E-state index contributed by atoms with van der Waals surface area (Å²) in [4.78, 5) is 13.8. The molecule has 0 spiro atoms. The smallest absolute Gasteiger partial charge is 0.251 e. The number of aromatic hydroxyl groups is 1. The lowest BCUT2D eigenvalue weighted by Gasteiger charge is -2.10. The maximum atomic E-state index is 13.4. The van der Waals surface area contributed by atoms with Crippen LogP contribution in [0.4, 0.5) is 4.39 Å². The van der Waals surface area contributed by atoms with E-state index in [1.165, 1.54) is 12.1 Å². The molecule has 1 aromatic heterocycles. The number of halogens is 1. The van der Waals surface area contributed by atoms with Crippen molar-refractivity contribution >= 4 is 28.4 Å². The van der Waals surface area contributed by atoms with Crippen molar-refractivity contribution in [3.63, 3.8) is 0 Å². The van der Waals surface area contributed by atoms with E-state index >= 15 is 0 Å². The van der Waals surface area contributed by atoms with E-state index in [0.717, 1.165) is 50.8 Å². The van der Waals surface area contributed by atoms with Gasteiger partial charge in [0, 0.05) is 40.1 Å². The van der Waals surface area contributed by atoms with Gasteiger partial charge in [-0.25, -0.2) is 4.39 Å². The molecule has 0 bridgehead atoms. The number of H-pyrrole nitrogens is 1. The van der Waals surface area contributed by atoms with Gasteiger partial charge >= 0.3 is 0 Å². The Morgan fingerprint density at radius 1 is 1.02 bits per heavy atom. The van der Waals surface area contributed by atoms with Gasteiger partial charge in [0.05, 0.1) is 6.20 Å². The molecule has 5 nitrogen and oxygen atoms in total. The number of amides is 1. The highest BCUT2D eigenvalue weighted by atomic mass is 32.2. The predicted octanol–water partition coefficient (Wildman–Crippen LogP) is 6.77. The monoisotopic (exact) mass is 549 g/mol. The van der Waals surface area contributed by atoms with Crippen molar-refractivity contribution in [2.45, 2.75) is 30.4 Å². The Hall–Kier alpha value is -4.54. The summed E-state index contributed by atoms with van der Waals surface area (Å²) in [6, 6.07) is 21.5. The van der Waals surface area contributed by atoms with Crippen molar-refractivity contribution in [2.24, 2.45) is 0 Å². The lowest BCUT2D eigenvalue weighted by atomic mass is 10.0. The zero-order chi connectivity index (χ0) is 27.9. The van der Waals surface area contributed by atoms with E-state index in [9.17, 15) is 14.3 Å². The highest BCUT2D eigenvalue weighted by molar-refractivity contribution is 7.98. The molecule has 3 N–H and O–H groups in total. The average molecular weight is 550 g/mol. The molecule has 4 aromatic carbocycles. The van der Waals surface area contributed by atoms with Crippen LogP contribution in [0.15, 0.2) is 90.1 Å². The highest BCUT2D eigenvalue weighted by Crippen LogP contribution is 2.31. The van der Waals surface area contributed by atoms with Crippen LogP contribution in [0.5, 0.6) is 5.75 Å². The van der Waals surface area contributed by atoms with Gasteiger partial charge in [-0.15, -0.1) is 11.8 Å². The minimum atomic E-state index is -0.311. The third-order valence-electron chi connectivity index (χ3n) is 6.63. The molecule has 7 heteroatoms. The van der Waals surface area contributed by atoms with Gasteiger partial charge < -0.3 is 10.4 Å². The number of carbonyl (C=O) groups is 1. The first kappa shape index (κ1) is 27.0. The molecule has 0 radical (unpaired) electrons. The Labute approximate surface area is 236 Å². The number of rotatable bonds is 8. The molecule has 40 heavy (non-hydrogen) atoms. The zero-order valence-electron chi connectivity index (χ0n) is 22.0. The summed E-state index contributed by atoms with van der Waals surface area (Å²) in [6.07, 6.45) is 5.28. The van der Waals surface area contributed by atoms with Gasteiger partial charge in [-0.2, -0.15) is 5.10 Å². The quantitative estimate of drug-likeness (QED) is 0.113. The van der Waals surface area contributed by atoms with E-state index in [-0.39, 0.29) is 11.7 Å². The van der Waals surface area contributed by atoms with Crippen molar-refractivity contribution in [3.05, 3.63) is 124 Å². The predicted molar refractivity (Wildman–Crippen MR) is 158 cm³/mol. The van der Waals surface area contributed by atoms with Gasteiger partial charge in [0.2, 0.25) is 0 Å². The van der Waals surface area contributed by atoms with Crippen molar-refractivity contribution in [1.29, 1.82) is 0 Å². The Bertz CT molecular complexity index is 1700. The molecule has 0 aliphatic heterocycles. The van der Waals surface area contributed by atoms with Crippen molar-refractivity contribution < 1.29 is 14.3 Å². The Kier molecular flexibility index (Phi) is 8.48. The largest absolute Gasteiger partial charge is 0.508 e. The molecule has 5 aromatic rings. The third kappa shape index (κ3) is 6.71. The minimum Gasteiger partial charge on any atom is -0.508 e. The van der Waals surface area contributed by atoms with Crippen LogP contribution in [0, 0.1) is 24.6 Å². The molecular formula is C33H28FN3O2S. The summed E-state index contributed by atoms with van der Waals surface area (Å²) in [5.41, 5.74) is 5.08. The van der Waals surface area contributed by atoms with Crippen LogP contribution in [0.1, 0.15) is 44.6 Å². The van der Waals surface area contributed by atoms with Crippen LogP contribution in [0.2, 0.25) is 0 Å². The summed E-state index contributed by atoms with van der Waals surface area (Å²) < 4.78 is 13.4. The second kappa shape index (κ2) is 12.5. The number of aromatic amines is 1. The number of nitrogens with zero attached hydrogens (tertiary/aromatic N) is 1. The summed E-state index contributed by atoms with van der Waals surface area (Å²) in [6.45, 7) is 2.46. The number of hydrogen-bond acceptors (Lipinski definition) is 4. The Morgan fingerprint density at radius 2 is 1.88 bits per heavy atom. The molecule has 0 atom stereocenters. The number of benzene rings is 4. The van der Waals surface area contributed by atoms with Gasteiger partial charge in [-0.1, -0.05) is 36.1 Å². The molecule has 1 heterocycles. The van der Waals surface area contributed by atoms with Crippen LogP contribution in [-0.4, -0.2) is 27.8 Å². The number of fused-ring (bicyclic) bond motifs is 1. The topological polar surface area (TPSA) is 78.0 Å². The second-order valence-corrected chi connectivity index (χ2v) is 10.5. The molecule has 0 saturated carbocycles. The molecule has 0 aliphatic rings. The summed E-state index contributed by atoms with van der Waals surface area (Å²) >= 11 is 1.64. The molecule has 5 rings (SSSR count). The number of aromatic nitrogens is 2. The van der Waals surface area contributed by atoms with E-state index in [0.29, 0.717) is 29.2 Å². The Balaban J connectivity index is 1.33. The van der Waals surface area contributed by atoms with Crippen LogP contribution in [-0.2, 0) is 12.2 Å². The van der Waals surface area contributed by atoms with Crippen molar-refractivity contribution in [3.8, 4) is 17.6 Å². The fraction of sp³-hybridized carbons (Fsp3) is 0.152. The van der Waals surface area contributed by atoms with E-state index in [1.807, 2.05) is 43.5 Å². The number of phenols is 1. The molecule has 200 valence electrons. The van der Waals surface area contributed by atoms with Crippen molar-refractivity contribution in [2.75, 3.05) is 6.54 Å². The molecule has 0 aliphatic carbocycles. The first-order valence-corrected chi connectivity index (χ1v) is 14.0. The summed E-state index contributed by atoms with van der Waals surface area (Å²) in [5, 5.41) is 21.8. The first-order chi connectivity index (χ1) is 19.5. The number of nitrogens with one attached hydrogen (secondary N) is 2. The highest BCUT2D eigenvalue weighted by Gasteiger charge is 2.11. The fourth-order valence-electron chi connectivity index (χ4n) is 4.35. The van der Waals surface area contributed by atoms with Gasteiger partial charge in [0.15, 0.2) is 0 Å². The lowest BCUT2D eigenvalue weighted by molar-refractivity contribution is 0.0953. The number of carbonyl (C=O) groups excluding carboxylic acids is 1. The van der Waals surface area contributed by atoms with Gasteiger partial charge in [0.1, 0.15) is 11.6 Å². The molecule has 0 saturated heterocycles. The van der Waals surface area contributed by atoms with E-state index < -0.39 is 0 Å². The van der Waals surface area contributed by atoms with Crippen LogP contribution >= 0.6 is 11.8 Å². The maximum absolute atomic E-state index is 13.4. The van der Waals surface area contributed by atoms with E-state index in [1.54, 1.807) is 36.2 Å². The summed E-state index contributed by atoms with van der Waals surface area (Å²) in [5.74, 6) is 6.84. The number of thioether (sulfide) groups is 1. The van der Waals surface area contributed by atoms with Gasteiger partial charge in [-0.3, -0.25) is 9.89 Å². The molecule has 0 unspecified atom stereocenters. The van der Waals surface area contributed by atoms with E-state index in [4.69, 9.17) is 0 Å². The fourth-order valence-corrected chi connectivity index (χ4v) is 5.28. The SMILES string of the molecule is Cc1c(O)ccc2cc(CSc3ccc(C(=O)NCCCc4cn[nH]c4)cc3C#Cc3ccc(F)cc3)ccc12. The van der Waals surface area contributed by atoms with Crippen LogP contribution < -0.4 is 5.32 Å². The second-order valence-electron chi connectivity index (χ2n) is 9.49. The number of phenolic OH excluding ortho intramolecular Hbond substituents is 1. The normalized spacial score (nSPS) is 10.8. The summed E-state index contributed by atoms with van der Waals surface area (Å²) in [7, 11) is 0. The average Bonchev–Trinajstić information content (AvgIpc) is 3.49. The van der Waals surface area contributed by atoms with E-state index in [2.05, 4.69) is 39.5 Å². The van der Waals surface area contributed by atoms with Gasteiger partial charge in [-0.05, 0) is 95.8 Å². The number of aryl methyl sites for hydroxylation is 2. The molecular weight excluding hydrogens is 521 g/mol. The van der Waals surface area contributed by atoms with Crippen LogP contribution in [0.3, 0.4) is 0 Å². The van der Waals surface area contributed by atoms with Crippen molar-refractivity contribution in [1.82, 2.24) is 15.5 Å². The van der Waals surface area contributed by atoms with Gasteiger partial charge in [0.25, 0.3) is 5.91 Å². The zero-order valence-corrected chi connectivity index (χ0v) is 22.8. The van der Waals surface area contributed by atoms with Crippen LogP contribution in [0.25, 0.3) is 10.8 Å². The number of hydrogen-bond donors (Lipinski definition) is 3. The Morgan fingerprint density at radius 3 is 2.67 bits per heavy atom. The minimum absolute atomic E-state index is 0.151. The standard InChI is InChI=1S/C33H28FN3O2S/c1-22-30-13-7-24(17-26(30)9-14-31(22)38)21-40-32-15-10-28(33(39)35-16-2-3-25-19-36-37-20-25)18-27(32)8-4-23-5-11-29(34)12-6-23/h5-7,9-15,17-20,38H,2-3,16,21H2,1H3,(H,35,39)(H,36,37). The molecule has 0 fully saturated rings. The lowest BCUT2D eigenvalue weighted by Crippen LogP contribution is -2.24. The third-order valence-corrected chi connectivity index (χ3v) is 7.77. The maximum Gasteiger partial charge on any atom is 0.251 e.